The summed E-state index contributed by atoms with van der Waals surface area (Å²) in [6.45, 7) is 0.747. The Labute approximate surface area is 133 Å². The number of amides is 3. The fraction of sp³-hybridized carbons (Fsp3) is 0.533. The number of thiophene rings is 1. The van der Waals surface area contributed by atoms with Gasteiger partial charge in [0.2, 0.25) is 11.8 Å². The van der Waals surface area contributed by atoms with Crippen molar-refractivity contribution >= 4 is 29.1 Å². The number of fused-ring (bicyclic) bond motifs is 1. The minimum absolute atomic E-state index is 0.0117. The van der Waals surface area contributed by atoms with Gasteiger partial charge in [-0.2, -0.15) is 11.3 Å². The van der Waals surface area contributed by atoms with E-state index < -0.39 is 0 Å². The van der Waals surface area contributed by atoms with Gasteiger partial charge in [0, 0.05) is 32.4 Å². The summed E-state index contributed by atoms with van der Waals surface area (Å²) in [5.41, 5.74) is 0.681. The quantitative estimate of drug-likeness (QED) is 0.821. The Morgan fingerprint density at radius 1 is 1.36 bits per heavy atom. The molecular formula is C15H19N3O3S. The molecule has 3 rings (SSSR count). The summed E-state index contributed by atoms with van der Waals surface area (Å²) < 4.78 is 0. The van der Waals surface area contributed by atoms with Crippen LogP contribution in [0.5, 0.6) is 0 Å². The van der Waals surface area contributed by atoms with Crippen LogP contribution in [0.15, 0.2) is 16.8 Å². The molecule has 2 aliphatic rings. The molecule has 118 valence electrons. The zero-order chi connectivity index (χ0) is 15.9. The Morgan fingerprint density at radius 2 is 2.14 bits per heavy atom. The highest BCUT2D eigenvalue weighted by Gasteiger charge is 2.48. The zero-order valence-corrected chi connectivity index (χ0v) is 13.5. The van der Waals surface area contributed by atoms with Crippen LogP contribution in [0.2, 0.25) is 0 Å². The van der Waals surface area contributed by atoms with Gasteiger partial charge in [-0.3, -0.25) is 14.4 Å². The fourth-order valence-corrected chi connectivity index (χ4v) is 3.85. The number of hydrogen-bond donors (Lipinski definition) is 0. The van der Waals surface area contributed by atoms with Gasteiger partial charge in [0.1, 0.15) is 6.54 Å². The monoisotopic (exact) mass is 321 g/mol. The molecule has 7 heteroatoms. The van der Waals surface area contributed by atoms with Crippen molar-refractivity contribution in [2.75, 3.05) is 27.2 Å². The Balaban J connectivity index is 1.73. The first-order valence-electron chi connectivity index (χ1n) is 7.32. The molecule has 2 saturated heterocycles. The number of likely N-dealkylation sites (tertiary alicyclic amines) is 2. The van der Waals surface area contributed by atoms with E-state index in [-0.39, 0.29) is 36.3 Å². The lowest BCUT2D eigenvalue weighted by Gasteiger charge is -2.25. The summed E-state index contributed by atoms with van der Waals surface area (Å²) in [6, 6.07) is 1.68. The first-order valence-corrected chi connectivity index (χ1v) is 8.26. The van der Waals surface area contributed by atoms with Gasteiger partial charge in [0.25, 0.3) is 5.91 Å². The van der Waals surface area contributed by atoms with E-state index in [9.17, 15) is 14.4 Å². The Hall–Kier alpha value is -1.89. The van der Waals surface area contributed by atoms with Crippen LogP contribution in [0, 0.1) is 0 Å². The maximum atomic E-state index is 12.5. The SMILES string of the molecule is CN(C)C(=O)CN1C(=O)C[C@H]2[C@@H]1CCN2C(=O)c1ccsc1. The van der Waals surface area contributed by atoms with Gasteiger partial charge in [0.05, 0.1) is 17.6 Å². The van der Waals surface area contributed by atoms with Crippen LogP contribution in [-0.2, 0) is 9.59 Å². The second-order valence-electron chi connectivity index (χ2n) is 5.95. The molecule has 0 aliphatic carbocycles. The van der Waals surface area contributed by atoms with Gasteiger partial charge in [-0.25, -0.2) is 0 Å². The molecule has 3 amide bonds. The summed E-state index contributed by atoms with van der Waals surface area (Å²) in [6.07, 6.45) is 1.06. The second-order valence-corrected chi connectivity index (χ2v) is 6.73. The van der Waals surface area contributed by atoms with Crippen molar-refractivity contribution in [1.82, 2.24) is 14.7 Å². The predicted molar refractivity (Wildman–Crippen MR) is 82.6 cm³/mol. The van der Waals surface area contributed by atoms with Crippen molar-refractivity contribution in [2.24, 2.45) is 0 Å². The molecule has 2 atom stereocenters. The van der Waals surface area contributed by atoms with Crippen LogP contribution >= 0.6 is 11.3 Å². The van der Waals surface area contributed by atoms with Crippen LogP contribution in [0.3, 0.4) is 0 Å². The summed E-state index contributed by atoms with van der Waals surface area (Å²) in [5.74, 6) is -0.132. The summed E-state index contributed by atoms with van der Waals surface area (Å²) in [4.78, 5) is 41.6. The molecule has 0 N–H and O–H groups in total. The van der Waals surface area contributed by atoms with E-state index in [1.165, 1.54) is 16.2 Å². The molecule has 2 aliphatic heterocycles. The lowest BCUT2D eigenvalue weighted by Crippen LogP contribution is -2.43. The van der Waals surface area contributed by atoms with Gasteiger partial charge in [0.15, 0.2) is 0 Å². The van der Waals surface area contributed by atoms with Crippen LogP contribution in [0.1, 0.15) is 23.2 Å². The molecule has 0 bridgehead atoms. The number of hydrogen-bond acceptors (Lipinski definition) is 4. The fourth-order valence-electron chi connectivity index (χ4n) is 3.22. The Morgan fingerprint density at radius 3 is 2.77 bits per heavy atom. The third-order valence-corrected chi connectivity index (χ3v) is 5.13. The molecule has 2 fully saturated rings. The lowest BCUT2D eigenvalue weighted by molar-refractivity contribution is -0.138. The van der Waals surface area contributed by atoms with Crippen molar-refractivity contribution in [3.05, 3.63) is 22.4 Å². The number of likely N-dealkylation sites (N-methyl/N-ethyl adjacent to an activating group) is 1. The average Bonchev–Trinajstić information content (AvgIpc) is 3.17. The van der Waals surface area contributed by atoms with Crippen LogP contribution < -0.4 is 0 Å². The third kappa shape index (κ3) is 2.49. The first-order chi connectivity index (χ1) is 10.5. The molecule has 1 aromatic heterocycles. The average molecular weight is 321 g/mol. The van der Waals surface area contributed by atoms with Gasteiger partial charge >= 0.3 is 0 Å². The molecule has 0 radical (unpaired) electrons. The van der Waals surface area contributed by atoms with Crippen molar-refractivity contribution in [2.45, 2.75) is 24.9 Å². The van der Waals surface area contributed by atoms with E-state index in [1.807, 2.05) is 16.8 Å². The van der Waals surface area contributed by atoms with E-state index in [0.29, 0.717) is 18.5 Å². The highest BCUT2D eigenvalue weighted by molar-refractivity contribution is 7.08. The molecule has 0 unspecified atom stereocenters. The molecule has 6 nitrogen and oxygen atoms in total. The molecule has 0 saturated carbocycles. The number of carbonyl (C=O) groups excluding carboxylic acids is 3. The minimum atomic E-state index is -0.102. The van der Waals surface area contributed by atoms with Gasteiger partial charge < -0.3 is 14.7 Å². The zero-order valence-electron chi connectivity index (χ0n) is 12.7. The maximum absolute atomic E-state index is 12.5. The highest BCUT2D eigenvalue weighted by Crippen LogP contribution is 2.33. The third-order valence-electron chi connectivity index (χ3n) is 4.45. The van der Waals surface area contributed by atoms with E-state index in [2.05, 4.69) is 0 Å². The molecule has 3 heterocycles. The van der Waals surface area contributed by atoms with Crippen molar-refractivity contribution in [1.29, 1.82) is 0 Å². The van der Waals surface area contributed by atoms with Gasteiger partial charge in [-0.1, -0.05) is 0 Å². The standard InChI is InChI=1S/C15H19N3O3S/c1-16(2)14(20)8-18-11-3-5-17(12(11)7-13(18)19)15(21)10-4-6-22-9-10/h4,6,9,11-12H,3,5,7-8H2,1-2H3/t11-,12-/m0/s1. The Kier molecular flexibility index (Phi) is 3.90. The van der Waals surface area contributed by atoms with E-state index in [1.54, 1.807) is 23.9 Å². The summed E-state index contributed by atoms with van der Waals surface area (Å²) in [5, 5.41) is 3.71. The molecule has 22 heavy (non-hydrogen) atoms. The predicted octanol–water partition coefficient (Wildman–Crippen LogP) is 0.652. The number of carbonyl (C=O) groups is 3. The number of rotatable bonds is 3. The highest BCUT2D eigenvalue weighted by atomic mass is 32.1. The Bertz CT molecular complexity index is 599. The van der Waals surface area contributed by atoms with Crippen molar-refractivity contribution < 1.29 is 14.4 Å². The van der Waals surface area contributed by atoms with E-state index in [0.717, 1.165) is 6.42 Å². The van der Waals surface area contributed by atoms with Gasteiger partial charge in [-0.05, 0) is 17.9 Å². The second kappa shape index (κ2) is 5.72. The molecular weight excluding hydrogens is 302 g/mol. The smallest absolute Gasteiger partial charge is 0.255 e. The first kappa shape index (κ1) is 15.0. The van der Waals surface area contributed by atoms with Crippen molar-refractivity contribution in [3.63, 3.8) is 0 Å². The topological polar surface area (TPSA) is 60.9 Å². The van der Waals surface area contributed by atoms with Gasteiger partial charge in [-0.15, -0.1) is 0 Å². The van der Waals surface area contributed by atoms with Crippen LogP contribution in [-0.4, -0.2) is 71.7 Å². The molecule has 1 aromatic rings. The normalized spacial score (nSPS) is 23.8. The van der Waals surface area contributed by atoms with Crippen LogP contribution in [0.25, 0.3) is 0 Å². The minimum Gasteiger partial charge on any atom is -0.347 e. The van der Waals surface area contributed by atoms with Crippen molar-refractivity contribution in [3.8, 4) is 0 Å². The lowest BCUT2D eigenvalue weighted by atomic mass is 10.1. The summed E-state index contributed by atoms with van der Waals surface area (Å²) in [7, 11) is 3.36. The molecule has 0 spiro atoms. The summed E-state index contributed by atoms with van der Waals surface area (Å²) >= 11 is 1.49. The van der Waals surface area contributed by atoms with E-state index >= 15 is 0 Å². The largest absolute Gasteiger partial charge is 0.347 e. The molecule has 0 aromatic carbocycles. The van der Waals surface area contributed by atoms with Crippen LogP contribution in [0.4, 0.5) is 0 Å². The number of nitrogens with zero attached hydrogens (tertiary/aromatic N) is 3. The van der Waals surface area contributed by atoms with E-state index in [4.69, 9.17) is 0 Å². The maximum Gasteiger partial charge on any atom is 0.255 e.